The SMILES string of the molecule is C#Cc1cc(C(=O)N[C@@H]2CN(C(C)C)CC2C)no1. The average molecular weight is 261 g/mol. The molecule has 1 amide bonds. The van der Waals surface area contributed by atoms with Crippen LogP contribution >= 0.6 is 0 Å². The van der Waals surface area contributed by atoms with E-state index in [0.29, 0.717) is 12.0 Å². The Morgan fingerprint density at radius 2 is 2.37 bits per heavy atom. The second-order valence-corrected chi connectivity index (χ2v) is 5.33. The molecule has 1 aliphatic rings. The third-order valence-electron chi connectivity index (χ3n) is 3.57. The molecule has 1 aromatic rings. The van der Waals surface area contributed by atoms with Crippen molar-refractivity contribution in [3.05, 3.63) is 17.5 Å². The molecule has 0 saturated carbocycles. The molecule has 0 bridgehead atoms. The first-order valence-corrected chi connectivity index (χ1v) is 6.49. The van der Waals surface area contributed by atoms with E-state index in [2.05, 4.69) is 42.1 Å². The molecule has 2 rings (SSSR count). The predicted molar refractivity (Wildman–Crippen MR) is 71.6 cm³/mol. The number of terminal acetylenes is 1. The standard InChI is InChI=1S/C14H19N3O2/c1-5-11-6-12(16-19-11)14(18)15-13-8-17(9(2)3)7-10(13)4/h1,6,9-10,13H,7-8H2,2-4H3,(H,15,18)/t10?,13-/m1/s1. The summed E-state index contributed by atoms with van der Waals surface area (Å²) in [6, 6.07) is 2.11. The van der Waals surface area contributed by atoms with Gasteiger partial charge in [-0.05, 0) is 25.7 Å². The zero-order valence-electron chi connectivity index (χ0n) is 11.5. The van der Waals surface area contributed by atoms with Crippen LogP contribution in [0.4, 0.5) is 0 Å². The molecule has 1 aromatic heterocycles. The van der Waals surface area contributed by atoms with Gasteiger partial charge in [0.05, 0.1) is 0 Å². The van der Waals surface area contributed by atoms with Crippen LogP contribution in [0.2, 0.25) is 0 Å². The number of carbonyl (C=O) groups excluding carboxylic acids is 1. The summed E-state index contributed by atoms with van der Waals surface area (Å²) in [5, 5.41) is 6.66. The van der Waals surface area contributed by atoms with Gasteiger partial charge in [0.25, 0.3) is 5.91 Å². The Hall–Kier alpha value is -1.80. The summed E-state index contributed by atoms with van der Waals surface area (Å²) >= 11 is 0. The summed E-state index contributed by atoms with van der Waals surface area (Å²) in [6.07, 6.45) is 5.18. The predicted octanol–water partition coefficient (Wildman–Crippen LogP) is 1.11. The molecule has 0 spiro atoms. The van der Waals surface area contributed by atoms with Crippen molar-refractivity contribution in [3.63, 3.8) is 0 Å². The Morgan fingerprint density at radius 3 is 2.89 bits per heavy atom. The molecule has 1 unspecified atom stereocenters. The fourth-order valence-electron chi connectivity index (χ4n) is 2.31. The molecule has 0 radical (unpaired) electrons. The molecule has 2 atom stereocenters. The second kappa shape index (κ2) is 5.45. The number of rotatable bonds is 3. The van der Waals surface area contributed by atoms with Gasteiger partial charge in [-0.1, -0.05) is 12.1 Å². The Kier molecular flexibility index (Phi) is 3.91. The van der Waals surface area contributed by atoms with E-state index in [4.69, 9.17) is 10.9 Å². The summed E-state index contributed by atoms with van der Waals surface area (Å²) in [5.41, 5.74) is 0.239. The highest BCUT2D eigenvalue weighted by Crippen LogP contribution is 2.19. The smallest absolute Gasteiger partial charge is 0.273 e. The van der Waals surface area contributed by atoms with E-state index in [0.717, 1.165) is 13.1 Å². The second-order valence-electron chi connectivity index (χ2n) is 5.33. The van der Waals surface area contributed by atoms with E-state index in [1.165, 1.54) is 6.07 Å². The maximum atomic E-state index is 12.0. The Labute approximate surface area is 113 Å². The lowest BCUT2D eigenvalue weighted by Crippen LogP contribution is -2.40. The lowest BCUT2D eigenvalue weighted by molar-refractivity contribution is 0.0921. The first-order chi connectivity index (χ1) is 9.01. The van der Waals surface area contributed by atoms with Crippen LogP contribution < -0.4 is 5.32 Å². The number of likely N-dealkylation sites (tertiary alicyclic amines) is 1. The number of aromatic nitrogens is 1. The van der Waals surface area contributed by atoms with Crippen LogP contribution in [0.3, 0.4) is 0 Å². The minimum absolute atomic E-state index is 0.140. The maximum Gasteiger partial charge on any atom is 0.273 e. The number of nitrogens with one attached hydrogen (secondary N) is 1. The van der Waals surface area contributed by atoms with Crippen molar-refractivity contribution in [2.45, 2.75) is 32.9 Å². The third kappa shape index (κ3) is 2.96. The number of amides is 1. The fourth-order valence-corrected chi connectivity index (χ4v) is 2.31. The minimum Gasteiger partial charge on any atom is -0.347 e. The Morgan fingerprint density at radius 1 is 1.63 bits per heavy atom. The molecule has 5 heteroatoms. The van der Waals surface area contributed by atoms with Crippen molar-refractivity contribution in [1.29, 1.82) is 0 Å². The third-order valence-corrected chi connectivity index (χ3v) is 3.57. The van der Waals surface area contributed by atoms with Crippen molar-refractivity contribution < 1.29 is 9.32 Å². The Balaban J connectivity index is 1.98. The van der Waals surface area contributed by atoms with Gasteiger partial charge < -0.3 is 9.84 Å². The Bertz CT molecular complexity index is 501. The lowest BCUT2D eigenvalue weighted by atomic mass is 10.1. The van der Waals surface area contributed by atoms with E-state index in [1.807, 2.05) is 0 Å². The zero-order chi connectivity index (χ0) is 14.0. The number of nitrogens with zero attached hydrogens (tertiary/aromatic N) is 2. The summed E-state index contributed by atoms with van der Waals surface area (Å²) in [5.74, 6) is 2.77. The monoisotopic (exact) mass is 261 g/mol. The molecule has 1 fully saturated rings. The molecule has 2 heterocycles. The summed E-state index contributed by atoms with van der Waals surface area (Å²) in [6.45, 7) is 8.33. The van der Waals surface area contributed by atoms with Gasteiger partial charge in [-0.25, -0.2) is 0 Å². The maximum absolute atomic E-state index is 12.0. The van der Waals surface area contributed by atoms with E-state index < -0.39 is 0 Å². The normalized spacial score (nSPS) is 23.5. The highest BCUT2D eigenvalue weighted by Gasteiger charge is 2.32. The number of hydrogen-bond donors (Lipinski definition) is 1. The highest BCUT2D eigenvalue weighted by molar-refractivity contribution is 5.92. The van der Waals surface area contributed by atoms with Gasteiger partial charge in [0, 0.05) is 31.2 Å². The zero-order valence-corrected chi connectivity index (χ0v) is 11.5. The van der Waals surface area contributed by atoms with Crippen LogP contribution in [0.25, 0.3) is 0 Å². The van der Waals surface area contributed by atoms with Crippen LogP contribution in [0, 0.1) is 18.3 Å². The summed E-state index contributed by atoms with van der Waals surface area (Å²) in [4.78, 5) is 14.4. The van der Waals surface area contributed by atoms with Crippen molar-refractivity contribution in [2.75, 3.05) is 13.1 Å². The van der Waals surface area contributed by atoms with Gasteiger partial charge >= 0.3 is 0 Å². The van der Waals surface area contributed by atoms with Crippen LogP contribution in [-0.2, 0) is 0 Å². The van der Waals surface area contributed by atoms with Gasteiger partial charge in [0.2, 0.25) is 5.76 Å². The molecule has 5 nitrogen and oxygen atoms in total. The van der Waals surface area contributed by atoms with E-state index >= 15 is 0 Å². The molecule has 0 aliphatic carbocycles. The fraction of sp³-hybridized carbons (Fsp3) is 0.571. The first kappa shape index (κ1) is 13.6. The quantitative estimate of drug-likeness (QED) is 0.828. The van der Waals surface area contributed by atoms with Gasteiger partial charge in [0.15, 0.2) is 5.69 Å². The minimum atomic E-state index is -0.229. The van der Waals surface area contributed by atoms with E-state index in [-0.39, 0.29) is 23.4 Å². The number of hydrogen-bond acceptors (Lipinski definition) is 4. The number of carbonyl (C=O) groups is 1. The largest absolute Gasteiger partial charge is 0.347 e. The van der Waals surface area contributed by atoms with Crippen molar-refractivity contribution in [3.8, 4) is 12.3 Å². The topological polar surface area (TPSA) is 58.4 Å². The molecule has 1 aliphatic heterocycles. The van der Waals surface area contributed by atoms with Gasteiger partial charge in [-0.3, -0.25) is 9.69 Å². The van der Waals surface area contributed by atoms with Crippen LogP contribution in [0.1, 0.15) is 37.0 Å². The van der Waals surface area contributed by atoms with E-state index in [1.54, 1.807) is 0 Å². The van der Waals surface area contributed by atoms with Gasteiger partial charge in [-0.15, -0.1) is 6.42 Å². The van der Waals surface area contributed by atoms with Crippen LogP contribution in [0.5, 0.6) is 0 Å². The van der Waals surface area contributed by atoms with Crippen molar-refractivity contribution >= 4 is 5.91 Å². The van der Waals surface area contributed by atoms with Gasteiger partial charge in [-0.2, -0.15) is 0 Å². The highest BCUT2D eigenvalue weighted by atomic mass is 16.5. The van der Waals surface area contributed by atoms with Crippen molar-refractivity contribution in [1.82, 2.24) is 15.4 Å². The molecule has 102 valence electrons. The molecule has 1 N–H and O–H groups in total. The lowest BCUT2D eigenvalue weighted by Gasteiger charge is -2.20. The van der Waals surface area contributed by atoms with Gasteiger partial charge in [0.1, 0.15) is 0 Å². The molecule has 19 heavy (non-hydrogen) atoms. The summed E-state index contributed by atoms with van der Waals surface area (Å²) < 4.78 is 4.83. The summed E-state index contributed by atoms with van der Waals surface area (Å²) in [7, 11) is 0. The first-order valence-electron chi connectivity index (χ1n) is 6.49. The molecule has 0 aromatic carbocycles. The average Bonchev–Trinajstić information content (AvgIpc) is 2.97. The van der Waals surface area contributed by atoms with Crippen LogP contribution in [-0.4, -0.2) is 41.1 Å². The molecular weight excluding hydrogens is 242 g/mol. The van der Waals surface area contributed by atoms with E-state index in [9.17, 15) is 4.79 Å². The molecular formula is C14H19N3O2. The van der Waals surface area contributed by atoms with Crippen molar-refractivity contribution in [2.24, 2.45) is 5.92 Å². The van der Waals surface area contributed by atoms with Crippen LogP contribution in [0.15, 0.2) is 10.6 Å². The molecule has 1 saturated heterocycles.